The van der Waals surface area contributed by atoms with Crippen LogP contribution in [0, 0.1) is 12.8 Å². The predicted molar refractivity (Wildman–Crippen MR) is 119 cm³/mol. The Kier molecular flexibility index (Phi) is 6.96. The molecule has 29 heavy (non-hydrogen) atoms. The quantitative estimate of drug-likeness (QED) is 0.478. The van der Waals surface area contributed by atoms with Gasteiger partial charge in [0.2, 0.25) is 0 Å². The van der Waals surface area contributed by atoms with Crippen molar-refractivity contribution >= 4 is 28.7 Å². The number of carbonyl (C=O) groups is 2. The Morgan fingerprint density at radius 2 is 1.83 bits per heavy atom. The van der Waals surface area contributed by atoms with E-state index in [9.17, 15) is 9.59 Å². The molecule has 0 aliphatic rings. The number of methoxy groups -OCH3 is 1. The van der Waals surface area contributed by atoms with Crippen LogP contribution in [0.15, 0.2) is 60.0 Å². The Morgan fingerprint density at radius 1 is 1.07 bits per heavy atom. The van der Waals surface area contributed by atoms with Crippen molar-refractivity contribution in [3.05, 3.63) is 76.0 Å². The lowest BCUT2D eigenvalue weighted by Gasteiger charge is -2.13. The molecule has 0 aliphatic heterocycles. The first-order valence-corrected chi connectivity index (χ1v) is 10.4. The molecular formula is C24H25NO3S. The van der Waals surface area contributed by atoms with Gasteiger partial charge >= 0.3 is 0 Å². The SMILES string of the molecule is COCC(C)CC(=O)c1cc(NC(=O)c2cccs2)cc(-c2ccc(C)cc2)c1. The van der Waals surface area contributed by atoms with E-state index < -0.39 is 0 Å². The fourth-order valence-electron chi connectivity index (χ4n) is 3.15. The molecule has 0 aliphatic carbocycles. The van der Waals surface area contributed by atoms with Crippen LogP contribution >= 0.6 is 11.3 Å². The number of amides is 1. The predicted octanol–water partition coefficient (Wildman–Crippen LogP) is 5.83. The van der Waals surface area contributed by atoms with Gasteiger partial charge in [-0.3, -0.25) is 9.59 Å². The molecule has 5 heteroatoms. The summed E-state index contributed by atoms with van der Waals surface area (Å²) in [7, 11) is 1.64. The van der Waals surface area contributed by atoms with Crippen LogP contribution in [0.2, 0.25) is 0 Å². The number of ether oxygens (including phenoxy) is 1. The summed E-state index contributed by atoms with van der Waals surface area (Å²) < 4.78 is 5.15. The fourth-order valence-corrected chi connectivity index (χ4v) is 3.77. The van der Waals surface area contributed by atoms with E-state index in [0.717, 1.165) is 11.1 Å². The van der Waals surface area contributed by atoms with E-state index >= 15 is 0 Å². The van der Waals surface area contributed by atoms with Gasteiger partial charge in [0, 0.05) is 31.4 Å². The largest absolute Gasteiger partial charge is 0.384 e. The zero-order chi connectivity index (χ0) is 20.8. The van der Waals surface area contributed by atoms with Crippen molar-refractivity contribution in [3.8, 4) is 11.1 Å². The highest BCUT2D eigenvalue weighted by atomic mass is 32.1. The van der Waals surface area contributed by atoms with E-state index in [1.54, 1.807) is 19.2 Å². The highest BCUT2D eigenvalue weighted by molar-refractivity contribution is 7.12. The third-order valence-electron chi connectivity index (χ3n) is 4.63. The first-order chi connectivity index (χ1) is 14.0. The Labute approximate surface area is 175 Å². The molecule has 3 aromatic rings. The van der Waals surface area contributed by atoms with Crippen LogP contribution in [0.25, 0.3) is 11.1 Å². The van der Waals surface area contributed by atoms with Crippen LogP contribution < -0.4 is 5.32 Å². The number of thiophene rings is 1. The minimum atomic E-state index is -0.174. The number of Topliss-reactive ketones (excluding diaryl/α,β-unsaturated/α-hetero) is 1. The van der Waals surface area contributed by atoms with Gasteiger partial charge in [-0.2, -0.15) is 0 Å². The lowest BCUT2D eigenvalue weighted by molar-refractivity contribution is 0.0919. The van der Waals surface area contributed by atoms with E-state index in [0.29, 0.717) is 29.2 Å². The average molecular weight is 408 g/mol. The van der Waals surface area contributed by atoms with Gasteiger partial charge < -0.3 is 10.1 Å². The van der Waals surface area contributed by atoms with Crippen molar-refractivity contribution in [2.24, 2.45) is 5.92 Å². The summed E-state index contributed by atoms with van der Waals surface area (Å²) in [6.45, 7) is 4.56. The maximum Gasteiger partial charge on any atom is 0.265 e. The Morgan fingerprint density at radius 3 is 2.48 bits per heavy atom. The molecule has 0 saturated carbocycles. The number of aryl methyl sites for hydroxylation is 1. The summed E-state index contributed by atoms with van der Waals surface area (Å²) in [6, 6.07) is 17.3. The summed E-state index contributed by atoms with van der Waals surface area (Å²) in [4.78, 5) is 26.0. The summed E-state index contributed by atoms with van der Waals surface area (Å²) in [5.41, 5.74) is 4.27. The van der Waals surface area contributed by atoms with E-state index in [1.165, 1.54) is 16.9 Å². The van der Waals surface area contributed by atoms with Crippen LogP contribution in [-0.2, 0) is 4.74 Å². The first kappa shape index (κ1) is 21.0. The lowest BCUT2D eigenvalue weighted by Crippen LogP contribution is -2.13. The van der Waals surface area contributed by atoms with Crippen LogP contribution in [0.4, 0.5) is 5.69 Å². The molecule has 4 nitrogen and oxygen atoms in total. The highest BCUT2D eigenvalue weighted by Crippen LogP contribution is 2.27. The van der Waals surface area contributed by atoms with Gasteiger partial charge in [0.05, 0.1) is 4.88 Å². The smallest absolute Gasteiger partial charge is 0.265 e. The van der Waals surface area contributed by atoms with Crippen LogP contribution in [-0.4, -0.2) is 25.4 Å². The average Bonchev–Trinajstić information content (AvgIpc) is 3.23. The van der Waals surface area contributed by atoms with Gasteiger partial charge in [-0.1, -0.05) is 42.8 Å². The van der Waals surface area contributed by atoms with E-state index in [2.05, 4.69) is 5.32 Å². The zero-order valence-corrected chi connectivity index (χ0v) is 17.7. The number of nitrogens with one attached hydrogen (secondary N) is 1. The standard InChI is InChI=1S/C24H25NO3S/c1-16-6-8-18(9-7-16)19-12-20(22(26)11-17(2)15-28-3)14-21(13-19)25-24(27)23-5-4-10-29-23/h4-10,12-14,17H,11,15H2,1-3H3,(H,25,27). The highest BCUT2D eigenvalue weighted by Gasteiger charge is 2.15. The van der Waals surface area contributed by atoms with Gasteiger partial charge in [0.1, 0.15) is 0 Å². The monoisotopic (exact) mass is 407 g/mol. The number of benzene rings is 2. The second-order valence-electron chi connectivity index (χ2n) is 7.28. The molecule has 1 amide bonds. The van der Waals surface area contributed by atoms with Crippen molar-refractivity contribution in [2.45, 2.75) is 20.3 Å². The number of anilines is 1. The molecule has 0 fully saturated rings. The molecular weight excluding hydrogens is 382 g/mol. The lowest BCUT2D eigenvalue weighted by atomic mass is 9.95. The minimum absolute atomic E-state index is 0.0372. The Bertz CT molecular complexity index is 978. The number of hydrogen-bond acceptors (Lipinski definition) is 4. The third-order valence-corrected chi connectivity index (χ3v) is 5.50. The molecule has 0 spiro atoms. The van der Waals surface area contributed by atoms with Crippen molar-refractivity contribution < 1.29 is 14.3 Å². The number of ketones is 1. The number of hydrogen-bond donors (Lipinski definition) is 1. The molecule has 0 bridgehead atoms. The normalized spacial score (nSPS) is 11.8. The van der Waals surface area contributed by atoms with Gasteiger partial charge in [0.15, 0.2) is 5.78 Å². The van der Waals surface area contributed by atoms with E-state index in [-0.39, 0.29) is 17.6 Å². The summed E-state index contributed by atoms with van der Waals surface area (Å²) in [6.07, 6.45) is 0.392. The summed E-state index contributed by atoms with van der Waals surface area (Å²) in [5.74, 6) is -0.0120. The molecule has 2 aromatic carbocycles. The molecule has 1 unspecified atom stereocenters. The molecule has 0 saturated heterocycles. The van der Waals surface area contributed by atoms with Crippen molar-refractivity contribution in [1.29, 1.82) is 0 Å². The van der Waals surface area contributed by atoms with Gasteiger partial charge in [0.25, 0.3) is 5.91 Å². The Balaban J connectivity index is 1.94. The second kappa shape index (κ2) is 9.63. The first-order valence-electron chi connectivity index (χ1n) is 9.55. The molecule has 1 N–H and O–H groups in total. The maximum atomic E-state index is 12.9. The molecule has 150 valence electrons. The van der Waals surface area contributed by atoms with Gasteiger partial charge in [-0.05, 0) is 53.6 Å². The third kappa shape index (κ3) is 5.62. The number of rotatable bonds is 8. The molecule has 0 radical (unpaired) electrons. The van der Waals surface area contributed by atoms with Crippen molar-refractivity contribution in [3.63, 3.8) is 0 Å². The fraction of sp³-hybridized carbons (Fsp3) is 0.250. The van der Waals surface area contributed by atoms with Gasteiger partial charge in [-0.25, -0.2) is 0 Å². The minimum Gasteiger partial charge on any atom is -0.384 e. The Hall–Kier alpha value is -2.76. The molecule has 3 rings (SSSR count). The summed E-state index contributed by atoms with van der Waals surface area (Å²) >= 11 is 1.38. The van der Waals surface area contributed by atoms with Crippen LogP contribution in [0.1, 0.15) is 38.9 Å². The molecule has 1 heterocycles. The molecule has 1 atom stereocenters. The van der Waals surface area contributed by atoms with Crippen molar-refractivity contribution in [1.82, 2.24) is 0 Å². The van der Waals surface area contributed by atoms with E-state index in [1.807, 2.05) is 61.7 Å². The summed E-state index contributed by atoms with van der Waals surface area (Å²) in [5, 5.41) is 4.80. The topological polar surface area (TPSA) is 55.4 Å². The van der Waals surface area contributed by atoms with E-state index in [4.69, 9.17) is 4.74 Å². The van der Waals surface area contributed by atoms with Crippen LogP contribution in [0.3, 0.4) is 0 Å². The molecule has 1 aromatic heterocycles. The maximum absolute atomic E-state index is 12.9. The van der Waals surface area contributed by atoms with Gasteiger partial charge in [-0.15, -0.1) is 11.3 Å². The van der Waals surface area contributed by atoms with Crippen LogP contribution in [0.5, 0.6) is 0 Å². The number of carbonyl (C=O) groups excluding carboxylic acids is 2. The zero-order valence-electron chi connectivity index (χ0n) is 16.9. The second-order valence-corrected chi connectivity index (χ2v) is 8.23. The van der Waals surface area contributed by atoms with Crippen molar-refractivity contribution in [2.75, 3.05) is 19.0 Å².